The molecule has 1 saturated heterocycles. The van der Waals surface area contributed by atoms with Gasteiger partial charge in [0.15, 0.2) is 0 Å². The van der Waals surface area contributed by atoms with Crippen molar-refractivity contribution in [2.24, 2.45) is 0 Å². The first kappa shape index (κ1) is 26.9. The van der Waals surface area contributed by atoms with Crippen molar-refractivity contribution in [1.29, 1.82) is 0 Å². The molecule has 0 bridgehead atoms. The minimum atomic E-state index is -1.50. The Balaban J connectivity index is 2.57. The highest BCUT2D eigenvalue weighted by Gasteiger charge is 2.56. The summed E-state index contributed by atoms with van der Waals surface area (Å²) < 4.78 is 17.4. The summed E-state index contributed by atoms with van der Waals surface area (Å²) in [5, 5.41) is 2.75. The molecule has 0 aliphatic carbocycles. The Kier molecular flexibility index (Phi) is 14.8. The van der Waals surface area contributed by atoms with E-state index in [9.17, 15) is 9.59 Å². The Hall–Kier alpha value is -1.14. The number of nitrogens with one attached hydrogen (secondary N) is 1. The van der Waals surface area contributed by atoms with Crippen molar-refractivity contribution in [2.75, 3.05) is 19.8 Å². The number of rotatable bonds is 19. The van der Waals surface area contributed by atoms with Crippen molar-refractivity contribution in [3.63, 3.8) is 0 Å². The van der Waals surface area contributed by atoms with Gasteiger partial charge < -0.3 is 19.5 Å². The van der Waals surface area contributed by atoms with E-state index in [2.05, 4.69) is 19.2 Å². The lowest BCUT2D eigenvalue weighted by molar-refractivity contribution is -0.196. The van der Waals surface area contributed by atoms with Crippen LogP contribution < -0.4 is 5.32 Å². The number of unbranched alkanes of at least 4 members (excludes halogenated alkanes) is 10. The molecule has 1 heterocycles. The average molecular weight is 428 g/mol. The smallest absolute Gasteiger partial charge is 0.362 e. The van der Waals surface area contributed by atoms with Crippen LogP contribution in [0.4, 0.5) is 0 Å². The quantitative estimate of drug-likeness (QED) is 0.224. The molecule has 6 heteroatoms. The van der Waals surface area contributed by atoms with E-state index in [4.69, 9.17) is 14.2 Å². The summed E-state index contributed by atoms with van der Waals surface area (Å²) in [6, 6.07) is 0. The number of carbonyl (C=O) groups is 2. The maximum absolute atomic E-state index is 12.9. The fraction of sp³-hybridized carbons (Fsp3) is 0.917. The minimum absolute atomic E-state index is 0.132. The van der Waals surface area contributed by atoms with E-state index in [0.717, 1.165) is 38.5 Å². The molecule has 6 nitrogen and oxygen atoms in total. The molecule has 2 atom stereocenters. The van der Waals surface area contributed by atoms with Crippen molar-refractivity contribution in [2.45, 2.75) is 122 Å². The van der Waals surface area contributed by atoms with Gasteiger partial charge in [0, 0.05) is 6.61 Å². The van der Waals surface area contributed by atoms with Crippen molar-refractivity contribution in [1.82, 2.24) is 5.32 Å². The molecule has 0 aromatic carbocycles. The second kappa shape index (κ2) is 16.5. The SMILES string of the molecule is CCCCCCCCOC1CC(=O)N[C@]1(OCCCCCCCC)C(=O)OCCC. The van der Waals surface area contributed by atoms with E-state index in [-0.39, 0.29) is 12.3 Å². The highest BCUT2D eigenvalue weighted by atomic mass is 16.6. The van der Waals surface area contributed by atoms with Gasteiger partial charge in [0.05, 0.1) is 19.6 Å². The van der Waals surface area contributed by atoms with Crippen LogP contribution in [0.1, 0.15) is 111 Å². The molecule has 0 radical (unpaired) electrons. The number of carbonyl (C=O) groups excluding carboxylic acids is 2. The van der Waals surface area contributed by atoms with E-state index < -0.39 is 17.8 Å². The molecule has 1 amide bonds. The van der Waals surface area contributed by atoms with Crippen molar-refractivity contribution >= 4 is 11.9 Å². The zero-order valence-electron chi connectivity index (χ0n) is 19.6. The van der Waals surface area contributed by atoms with Gasteiger partial charge in [0.25, 0.3) is 5.72 Å². The molecular formula is C24H45NO5. The van der Waals surface area contributed by atoms with Gasteiger partial charge in [-0.25, -0.2) is 4.79 Å². The number of esters is 1. The third kappa shape index (κ3) is 9.78. The second-order valence-electron chi connectivity index (χ2n) is 8.37. The van der Waals surface area contributed by atoms with Crippen molar-refractivity contribution in [3.8, 4) is 0 Å². The molecule has 0 saturated carbocycles. The summed E-state index contributed by atoms with van der Waals surface area (Å²) in [5.74, 6) is -0.756. The largest absolute Gasteiger partial charge is 0.462 e. The summed E-state index contributed by atoms with van der Waals surface area (Å²) in [6.45, 7) is 7.58. The Morgan fingerprint density at radius 2 is 1.40 bits per heavy atom. The maximum Gasteiger partial charge on any atom is 0.362 e. The summed E-state index contributed by atoms with van der Waals surface area (Å²) in [4.78, 5) is 25.0. The van der Waals surface area contributed by atoms with Crippen LogP contribution >= 0.6 is 0 Å². The van der Waals surface area contributed by atoms with Crippen LogP contribution in [0.3, 0.4) is 0 Å². The molecule has 1 unspecified atom stereocenters. The number of hydrogen-bond donors (Lipinski definition) is 1. The third-order valence-electron chi connectivity index (χ3n) is 5.53. The van der Waals surface area contributed by atoms with E-state index in [0.29, 0.717) is 19.8 Å². The highest BCUT2D eigenvalue weighted by Crippen LogP contribution is 2.28. The van der Waals surface area contributed by atoms with Gasteiger partial charge >= 0.3 is 5.97 Å². The fourth-order valence-corrected chi connectivity index (χ4v) is 3.72. The van der Waals surface area contributed by atoms with Crippen LogP contribution in [0.15, 0.2) is 0 Å². The standard InChI is InChI=1S/C24H45NO5/c1-4-7-9-11-13-15-18-28-21-20-22(26)25-24(21,23(27)29-17-6-3)30-19-16-14-12-10-8-5-2/h21H,4-20H2,1-3H3,(H,25,26)/t21?,24-/m1/s1. The topological polar surface area (TPSA) is 73.9 Å². The summed E-state index contributed by atoms with van der Waals surface area (Å²) in [7, 11) is 0. The minimum Gasteiger partial charge on any atom is -0.462 e. The van der Waals surface area contributed by atoms with Gasteiger partial charge in [-0.05, 0) is 19.3 Å². The van der Waals surface area contributed by atoms with Gasteiger partial charge in [-0.3, -0.25) is 4.79 Å². The average Bonchev–Trinajstić information content (AvgIpc) is 3.06. The number of hydrogen-bond acceptors (Lipinski definition) is 5. The number of ether oxygens (including phenoxy) is 3. The predicted molar refractivity (Wildman–Crippen MR) is 119 cm³/mol. The zero-order chi connectivity index (χ0) is 22.1. The summed E-state index contributed by atoms with van der Waals surface area (Å²) >= 11 is 0. The Labute approximate surface area is 183 Å². The van der Waals surface area contributed by atoms with Gasteiger partial charge in [-0.15, -0.1) is 0 Å². The molecule has 1 aliphatic rings. The zero-order valence-corrected chi connectivity index (χ0v) is 19.6. The lowest BCUT2D eigenvalue weighted by Crippen LogP contribution is -2.59. The molecule has 1 rings (SSSR count). The van der Waals surface area contributed by atoms with Crippen molar-refractivity contribution < 1.29 is 23.8 Å². The monoisotopic (exact) mass is 427 g/mol. The Morgan fingerprint density at radius 1 is 0.833 bits per heavy atom. The Bertz CT molecular complexity index is 471. The third-order valence-corrected chi connectivity index (χ3v) is 5.53. The van der Waals surface area contributed by atoms with Gasteiger partial charge in [0.2, 0.25) is 5.91 Å². The predicted octanol–water partition coefficient (Wildman–Crippen LogP) is 5.28. The molecule has 0 aromatic rings. The lowest BCUT2D eigenvalue weighted by Gasteiger charge is -2.32. The molecule has 0 spiro atoms. The molecule has 1 fully saturated rings. The van der Waals surface area contributed by atoms with E-state index in [1.807, 2.05) is 6.92 Å². The summed E-state index contributed by atoms with van der Waals surface area (Å²) in [6.07, 6.45) is 13.9. The molecule has 176 valence electrons. The fourth-order valence-electron chi connectivity index (χ4n) is 3.72. The van der Waals surface area contributed by atoms with Crippen LogP contribution in [0.2, 0.25) is 0 Å². The molecular weight excluding hydrogens is 382 g/mol. The summed E-state index contributed by atoms with van der Waals surface area (Å²) in [5.41, 5.74) is -1.50. The van der Waals surface area contributed by atoms with Gasteiger partial charge in [0.1, 0.15) is 6.10 Å². The van der Waals surface area contributed by atoms with Crippen LogP contribution in [0.5, 0.6) is 0 Å². The molecule has 1 N–H and O–H groups in total. The maximum atomic E-state index is 12.9. The number of amides is 1. The normalized spacial score (nSPS) is 21.0. The van der Waals surface area contributed by atoms with Crippen LogP contribution in [-0.2, 0) is 23.8 Å². The first-order chi connectivity index (χ1) is 14.6. The van der Waals surface area contributed by atoms with Crippen LogP contribution in [-0.4, -0.2) is 43.5 Å². The molecule has 0 aromatic heterocycles. The van der Waals surface area contributed by atoms with E-state index >= 15 is 0 Å². The van der Waals surface area contributed by atoms with Gasteiger partial charge in [-0.2, -0.15) is 0 Å². The first-order valence-corrected chi connectivity index (χ1v) is 12.3. The van der Waals surface area contributed by atoms with E-state index in [1.165, 1.54) is 44.9 Å². The Morgan fingerprint density at radius 3 is 2.00 bits per heavy atom. The van der Waals surface area contributed by atoms with Crippen molar-refractivity contribution in [3.05, 3.63) is 0 Å². The second-order valence-corrected chi connectivity index (χ2v) is 8.37. The lowest BCUT2D eigenvalue weighted by atomic mass is 10.1. The highest BCUT2D eigenvalue weighted by molar-refractivity contribution is 5.92. The molecule has 1 aliphatic heterocycles. The molecule has 30 heavy (non-hydrogen) atoms. The van der Waals surface area contributed by atoms with E-state index in [1.54, 1.807) is 0 Å². The first-order valence-electron chi connectivity index (χ1n) is 12.3. The van der Waals surface area contributed by atoms with Crippen LogP contribution in [0, 0.1) is 0 Å². The van der Waals surface area contributed by atoms with Crippen LogP contribution in [0.25, 0.3) is 0 Å². The van der Waals surface area contributed by atoms with Gasteiger partial charge in [-0.1, -0.05) is 85.0 Å².